The molecule has 1 aliphatic heterocycles. The normalized spacial score (nSPS) is 13.9. The van der Waals surface area contributed by atoms with Gasteiger partial charge in [0.15, 0.2) is 5.82 Å². The van der Waals surface area contributed by atoms with E-state index < -0.39 is 0 Å². The molecule has 0 spiro atoms. The molecule has 3 rings (SSSR count). The van der Waals surface area contributed by atoms with Gasteiger partial charge in [-0.15, -0.1) is 10.2 Å². The number of rotatable bonds is 5. The van der Waals surface area contributed by atoms with E-state index in [1.807, 2.05) is 24.3 Å². The molecule has 0 radical (unpaired) electrons. The Kier molecular flexibility index (Phi) is 5.46. The van der Waals surface area contributed by atoms with Crippen LogP contribution in [0.25, 0.3) is 11.4 Å². The molecule has 6 heteroatoms. The van der Waals surface area contributed by atoms with E-state index in [1.54, 1.807) is 0 Å². The maximum Gasteiger partial charge on any atom is 0.319 e. The molecule has 0 aliphatic carbocycles. The van der Waals surface area contributed by atoms with E-state index in [9.17, 15) is 4.79 Å². The standard InChI is InChI=1S/C18H25N5O/c1-2-3-12-19-18(24)20-15-10-8-14(9-11-15)17-22-21-16-7-5-4-6-13-23(16)17/h8-11H,2-7,12-13H2,1H3,(H2,19,20,24). The highest BCUT2D eigenvalue weighted by Gasteiger charge is 2.15. The number of hydrogen-bond donors (Lipinski definition) is 2. The van der Waals surface area contributed by atoms with Gasteiger partial charge in [0, 0.05) is 30.8 Å². The lowest BCUT2D eigenvalue weighted by atomic mass is 10.2. The Morgan fingerprint density at radius 2 is 2.00 bits per heavy atom. The number of aryl methyl sites for hydroxylation is 1. The van der Waals surface area contributed by atoms with Crippen LogP contribution in [0.3, 0.4) is 0 Å². The minimum atomic E-state index is -0.160. The van der Waals surface area contributed by atoms with Gasteiger partial charge in [-0.2, -0.15) is 0 Å². The zero-order chi connectivity index (χ0) is 16.8. The molecule has 0 saturated carbocycles. The summed E-state index contributed by atoms with van der Waals surface area (Å²) in [5.74, 6) is 2.01. The van der Waals surface area contributed by atoms with Crippen LogP contribution in [0, 0.1) is 0 Å². The van der Waals surface area contributed by atoms with Gasteiger partial charge in [0.2, 0.25) is 0 Å². The summed E-state index contributed by atoms with van der Waals surface area (Å²) in [6.07, 6.45) is 6.68. The van der Waals surface area contributed by atoms with Gasteiger partial charge in [-0.3, -0.25) is 0 Å². The summed E-state index contributed by atoms with van der Waals surface area (Å²) in [4.78, 5) is 11.8. The largest absolute Gasteiger partial charge is 0.338 e. The molecule has 2 N–H and O–H groups in total. The van der Waals surface area contributed by atoms with E-state index in [0.717, 1.165) is 48.7 Å². The van der Waals surface area contributed by atoms with E-state index in [2.05, 4.69) is 32.3 Å². The third kappa shape index (κ3) is 3.93. The summed E-state index contributed by atoms with van der Waals surface area (Å²) >= 11 is 0. The Balaban J connectivity index is 1.67. The van der Waals surface area contributed by atoms with Crippen molar-refractivity contribution < 1.29 is 4.79 Å². The van der Waals surface area contributed by atoms with Crippen molar-refractivity contribution in [3.8, 4) is 11.4 Å². The van der Waals surface area contributed by atoms with E-state index in [4.69, 9.17) is 0 Å². The van der Waals surface area contributed by atoms with E-state index in [0.29, 0.717) is 6.54 Å². The molecule has 1 aliphatic rings. The van der Waals surface area contributed by atoms with Crippen molar-refractivity contribution in [1.29, 1.82) is 0 Å². The van der Waals surface area contributed by atoms with Gasteiger partial charge in [-0.25, -0.2) is 4.79 Å². The first kappa shape index (κ1) is 16.5. The average molecular weight is 327 g/mol. The third-order valence-corrected chi connectivity index (χ3v) is 4.33. The summed E-state index contributed by atoms with van der Waals surface area (Å²) in [6, 6.07) is 7.64. The molecule has 1 aromatic carbocycles. The lowest BCUT2D eigenvalue weighted by molar-refractivity contribution is 0.252. The first-order valence-electron chi connectivity index (χ1n) is 8.85. The fraction of sp³-hybridized carbons (Fsp3) is 0.500. The van der Waals surface area contributed by atoms with Crippen molar-refractivity contribution >= 4 is 11.7 Å². The van der Waals surface area contributed by atoms with Crippen molar-refractivity contribution in [3.63, 3.8) is 0 Å². The Bertz CT molecular complexity index is 677. The highest BCUT2D eigenvalue weighted by Crippen LogP contribution is 2.23. The quantitative estimate of drug-likeness (QED) is 0.824. The highest BCUT2D eigenvalue weighted by molar-refractivity contribution is 5.89. The van der Waals surface area contributed by atoms with Crippen molar-refractivity contribution in [3.05, 3.63) is 30.1 Å². The van der Waals surface area contributed by atoms with Crippen molar-refractivity contribution in [2.75, 3.05) is 11.9 Å². The van der Waals surface area contributed by atoms with E-state index in [1.165, 1.54) is 19.3 Å². The molecule has 0 bridgehead atoms. The Morgan fingerprint density at radius 3 is 2.79 bits per heavy atom. The summed E-state index contributed by atoms with van der Waals surface area (Å²) in [5.41, 5.74) is 1.82. The number of carbonyl (C=O) groups is 1. The molecule has 0 saturated heterocycles. The number of nitrogens with zero attached hydrogens (tertiary/aromatic N) is 3. The fourth-order valence-electron chi connectivity index (χ4n) is 2.96. The van der Waals surface area contributed by atoms with Crippen molar-refractivity contribution in [2.45, 2.75) is 52.0 Å². The van der Waals surface area contributed by atoms with Gasteiger partial charge >= 0.3 is 6.03 Å². The monoisotopic (exact) mass is 327 g/mol. The van der Waals surface area contributed by atoms with Crippen LogP contribution < -0.4 is 10.6 Å². The number of anilines is 1. The van der Waals surface area contributed by atoms with Gasteiger partial charge in [0.1, 0.15) is 5.82 Å². The molecule has 128 valence electrons. The van der Waals surface area contributed by atoms with Crippen LogP contribution in [0.1, 0.15) is 44.9 Å². The van der Waals surface area contributed by atoms with Gasteiger partial charge in [-0.05, 0) is 43.5 Å². The molecule has 24 heavy (non-hydrogen) atoms. The highest BCUT2D eigenvalue weighted by atomic mass is 16.2. The lowest BCUT2D eigenvalue weighted by Crippen LogP contribution is -2.29. The predicted molar refractivity (Wildman–Crippen MR) is 94.9 cm³/mol. The molecule has 0 atom stereocenters. The first-order valence-corrected chi connectivity index (χ1v) is 8.85. The maximum absolute atomic E-state index is 11.8. The molecule has 2 aromatic rings. The summed E-state index contributed by atoms with van der Waals surface area (Å²) in [7, 11) is 0. The number of aromatic nitrogens is 3. The van der Waals surface area contributed by atoms with Gasteiger partial charge in [0.05, 0.1) is 0 Å². The number of carbonyl (C=O) groups excluding carboxylic acids is 1. The molecule has 2 amide bonds. The Labute approximate surface area is 142 Å². The fourth-order valence-corrected chi connectivity index (χ4v) is 2.96. The van der Waals surface area contributed by atoms with Crippen LogP contribution in [0.15, 0.2) is 24.3 Å². The van der Waals surface area contributed by atoms with Gasteiger partial charge < -0.3 is 15.2 Å². The number of nitrogens with one attached hydrogen (secondary N) is 2. The van der Waals surface area contributed by atoms with Crippen LogP contribution in [0.5, 0.6) is 0 Å². The topological polar surface area (TPSA) is 71.8 Å². The van der Waals surface area contributed by atoms with E-state index >= 15 is 0 Å². The second kappa shape index (κ2) is 7.95. The smallest absolute Gasteiger partial charge is 0.319 e. The van der Waals surface area contributed by atoms with Gasteiger partial charge in [0.25, 0.3) is 0 Å². The summed E-state index contributed by atoms with van der Waals surface area (Å²) < 4.78 is 2.23. The summed E-state index contributed by atoms with van der Waals surface area (Å²) in [6.45, 7) is 3.79. The van der Waals surface area contributed by atoms with Crippen molar-refractivity contribution in [2.24, 2.45) is 0 Å². The zero-order valence-corrected chi connectivity index (χ0v) is 14.2. The van der Waals surface area contributed by atoms with Crippen LogP contribution >= 0.6 is 0 Å². The molecule has 1 aromatic heterocycles. The number of urea groups is 1. The second-order valence-corrected chi connectivity index (χ2v) is 6.21. The number of hydrogen-bond acceptors (Lipinski definition) is 3. The van der Waals surface area contributed by atoms with E-state index in [-0.39, 0.29) is 6.03 Å². The maximum atomic E-state index is 11.8. The van der Waals surface area contributed by atoms with Crippen LogP contribution in [-0.4, -0.2) is 27.3 Å². The number of unbranched alkanes of at least 4 members (excludes halogenated alkanes) is 1. The second-order valence-electron chi connectivity index (χ2n) is 6.21. The molecule has 0 fully saturated rings. The zero-order valence-electron chi connectivity index (χ0n) is 14.2. The average Bonchev–Trinajstić information content (AvgIpc) is 2.84. The number of amides is 2. The predicted octanol–water partition coefficient (Wildman–Crippen LogP) is 3.59. The van der Waals surface area contributed by atoms with Crippen LogP contribution in [0.2, 0.25) is 0 Å². The van der Waals surface area contributed by atoms with Gasteiger partial charge in [-0.1, -0.05) is 19.8 Å². The molecular weight excluding hydrogens is 302 g/mol. The summed E-state index contributed by atoms with van der Waals surface area (Å²) in [5, 5.41) is 14.4. The van der Waals surface area contributed by atoms with Crippen LogP contribution in [-0.2, 0) is 13.0 Å². The molecule has 0 unspecified atom stereocenters. The lowest BCUT2D eigenvalue weighted by Gasteiger charge is -2.09. The number of benzene rings is 1. The van der Waals surface area contributed by atoms with Crippen molar-refractivity contribution in [1.82, 2.24) is 20.1 Å². The third-order valence-electron chi connectivity index (χ3n) is 4.33. The Hall–Kier alpha value is -2.37. The molecule has 2 heterocycles. The molecule has 6 nitrogen and oxygen atoms in total. The first-order chi connectivity index (χ1) is 11.8. The number of fused-ring (bicyclic) bond motifs is 1. The molecular formula is C18H25N5O. The Morgan fingerprint density at radius 1 is 1.17 bits per heavy atom. The minimum absolute atomic E-state index is 0.160. The van der Waals surface area contributed by atoms with Crippen LogP contribution in [0.4, 0.5) is 10.5 Å². The SMILES string of the molecule is CCCCNC(=O)Nc1ccc(-c2nnc3n2CCCCC3)cc1. The minimum Gasteiger partial charge on any atom is -0.338 e.